The van der Waals surface area contributed by atoms with Gasteiger partial charge < -0.3 is 14.4 Å². The number of fused-ring (bicyclic) bond motifs is 3. The topological polar surface area (TPSA) is 76.2 Å². The average Bonchev–Trinajstić information content (AvgIpc) is 3.12. The number of nitrogens with zero attached hydrogens (tertiary/aromatic N) is 2. The highest BCUT2D eigenvalue weighted by atomic mass is 16.5. The van der Waals surface area contributed by atoms with E-state index in [1.54, 1.807) is 24.3 Å². The van der Waals surface area contributed by atoms with Crippen LogP contribution in [0.5, 0.6) is 5.75 Å². The Morgan fingerprint density at radius 1 is 1.03 bits per heavy atom. The summed E-state index contributed by atoms with van der Waals surface area (Å²) in [6.45, 7) is 4.21. The Morgan fingerprint density at radius 2 is 1.74 bits per heavy atom. The molecule has 0 aromatic heterocycles. The van der Waals surface area contributed by atoms with Crippen molar-refractivity contribution < 1.29 is 23.9 Å². The summed E-state index contributed by atoms with van der Waals surface area (Å²) in [5.74, 6) is -0.272. The third-order valence-corrected chi connectivity index (χ3v) is 5.68. The quantitative estimate of drug-likeness (QED) is 0.505. The van der Waals surface area contributed by atoms with E-state index in [1.807, 2.05) is 44.2 Å². The van der Waals surface area contributed by atoms with Gasteiger partial charge in [-0.3, -0.25) is 14.5 Å². The van der Waals surface area contributed by atoms with Gasteiger partial charge in [0.1, 0.15) is 5.75 Å². The van der Waals surface area contributed by atoms with Crippen molar-refractivity contribution in [2.45, 2.75) is 44.8 Å². The summed E-state index contributed by atoms with van der Waals surface area (Å²) in [6, 6.07) is 16.0. The molecule has 2 aliphatic heterocycles. The third kappa shape index (κ3) is 3.54. The lowest BCUT2D eigenvalue weighted by Crippen LogP contribution is -2.70. The van der Waals surface area contributed by atoms with Gasteiger partial charge in [0.15, 0.2) is 0 Å². The standard InChI is InChI=1S/C24H26N2O5/c1-17(2)25-22(28)19-11-6-7-12-20(19)26-21(27)13-14-24(25,26)23(29)31-16-8-15-30-18-9-4-3-5-10-18/h3-7,9-12,17H,8,13-16H2,1-2H3. The van der Waals surface area contributed by atoms with Crippen molar-refractivity contribution in [3.63, 3.8) is 0 Å². The van der Waals surface area contributed by atoms with Gasteiger partial charge in [-0.15, -0.1) is 0 Å². The van der Waals surface area contributed by atoms with Crippen molar-refractivity contribution in [1.29, 1.82) is 0 Å². The molecule has 1 saturated heterocycles. The fourth-order valence-corrected chi connectivity index (χ4v) is 4.42. The molecule has 2 aromatic rings. The number of ether oxygens (including phenoxy) is 2. The Balaban J connectivity index is 1.53. The minimum absolute atomic E-state index is 0.136. The van der Waals surface area contributed by atoms with Crippen LogP contribution in [0.25, 0.3) is 0 Å². The molecule has 2 amide bonds. The number of para-hydroxylation sites is 2. The maximum atomic E-state index is 13.4. The molecule has 1 unspecified atom stereocenters. The van der Waals surface area contributed by atoms with E-state index in [-0.39, 0.29) is 37.3 Å². The second kappa shape index (κ2) is 8.41. The number of rotatable bonds is 7. The van der Waals surface area contributed by atoms with Crippen LogP contribution in [0.2, 0.25) is 0 Å². The molecular weight excluding hydrogens is 396 g/mol. The highest BCUT2D eigenvalue weighted by Gasteiger charge is 2.62. The first-order chi connectivity index (χ1) is 15.0. The Labute approximate surface area is 181 Å². The molecular formula is C24H26N2O5. The monoisotopic (exact) mass is 422 g/mol. The third-order valence-electron chi connectivity index (χ3n) is 5.68. The molecule has 0 radical (unpaired) electrons. The van der Waals surface area contributed by atoms with Gasteiger partial charge >= 0.3 is 5.97 Å². The molecule has 0 aliphatic carbocycles. The number of benzene rings is 2. The first kappa shape index (κ1) is 20.9. The molecule has 2 aliphatic rings. The molecule has 4 rings (SSSR count). The van der Waals surface area contributed by atoms with Crippen LogP contribution in [-0.2, 0) is 14.3 Å². The molecule has 2 aromatic carbocycles. The average molecular weight is 422 g/mol. The maximum absolute atomic E-state index is 13.4. The van der Waals surface area contributed by atoms with Crippen LogP contribution in [-0.4, -0.2) is 47.6 Å². The molecule has 7 nitrogen and oxygen atoms in total. The Bertz CT molecular complexity index is 990. The lowest BCUT2D eigenvalue weighted by atomic mass is 9.95. The van der Waals surface area contributed by atoms with Gasteiger partial charge in [-0.25, -0.2) is 4.79 Å². The minimum atomic E-state index is -1.45. The summed E-state index contributed by atoms with van der Waals surface area (Å²) >= 11 is 0. The van der Waals surface area contributed by atoms with E-state index in [4.69, 9.17) is 9.47 Å². The van der Waals surface area contributed by atoms with E-state index in [0.29, 0.717) is 24.3 Å². The Hall–Kier alpha value is -3.35. The predicted octanol–water partition coefficient (Wildman–Crippen LogP) is 3.39. The SMILES string of the molecule is CC(C)N1C(=O)c2ccccc2N2C(=O)CCC21C(=O)OCCCOc1ccccc1. The van der Waals surface area contributed by atoms with E-state index in [9.17, 15) is 14.4 Å². The first-order valence-electron chi connectivity index (χ1n) is 10.6. The summed E-state index contributed by atoms with van der Waals surface area (Å²) in [5.41, 5.74) is -0.556. The van der Waals surface area contributed by atoms with Crippen LogP contribution < -0.4 is 9.64 Å². The summed E-state index contributed by atoms with van der Waals surface area (Å²) < 4.78 is 11.2. The van der Waals surface area contributed by atoms with E-state index in [0.717, 1.165) is 5.75 Å². The van der Waals surface area contributed by atoms with Gasteiger partial charge in [-0.1, -0.05) is 30.3 Å². The molecule has 0 N–H and O–H groups in total. The fraction of sp³-hybridized carbons (Fsp3) is 0.375. The molecule has 31 heavy (non-hydrogen) atoms. The maximum Gasteiger partial charge on any atom is 0.353 e. The second-order valence-corrected chi connectivity index (χ2v) is 7.98. The zero-order valence-electron chi connectivity index (χ0n) is 17.7. The predicted molar refractivity (Wildman–Crippen MR) is 115 cm³/mol. The van der Waals surface area contributed by atoms with Crippen molar-refractivity contribution in [2.24, 2.45) is 0 Å². The van der Waals surface area contributed by atoms with Crippen molar-refractivity contribution in [2.75, 3.05) is 18.1 Å². The van der Waals surface area contributed by atoms with Crippen LogP contribution in [0, 0.1) is 0 Å². The molecule has 2 heterocycles. The summed E-state index contributed by atoms with van der Waals surface area (Å²) in [7, 11) is 0. The van der Waals surface area contributed by atoms with Crippen LogP contribution >= 0.6 is 0 Å². The molecule has 7 heteroatoms. The molecule has 162 valence electrons. The number of esters is 1. The smallest absolute Gasteiger partial charge is 0.353 e. The minimum Gasteiger partial charge on any atom is -0.493 e. The van der Waals surface area contributed by atoms with Crippen molar-refractivity contribution in [1.82, 2.24) is 4.90 Å². The van der Waals surface area contributed by atoms with Gasteiger partial charge in [-0.05, 0) is 38.1 Å². The van der Waals surface area contributed by atoms with Crippen LogP contribution in [0.15, 0.2) is 54.6 Å². The van der Waals surface area contributed by atoms with Crippen LogP contribution in [0.1, 0.15) is 43.5 Å². The summed E-state index contributed by atoms with van der Waals surface area (Å²) in [6.07, 6.45) is 0.886. The highest BCUT2D eigenvalue weighted by Crippen LogP contribution is 2.45. The van der Waals surface area contributed by atoms with Crippen molar-refractivity contribution >= 4 is 23.5 Å². The van der Waals surface area contributed by atoms with E-state index >= 15 is 0 Å². The van der Waals surface area contributed by atoms with Gasteiger partial charge in [0.2, 0.25) is 11.6 Å². The number of amides is 2. The van der Waals surface area contributed by atoms with Crippen LogP contribution in [0.4, 0.5) is 5.69 Å². The van der Waals surface area contributed by atoms with E-state index in [2.05, 4.69) is 0 Å². The summed E-state index contributed by atoms with van der Waals surface area (Å²) in [4.78, 5) is 42.5. The zero-order valence-corrected chi connectivity index (χ0v) is 17.7. The van der Waals surface area contributed by atoms with Crippen molar-refractivity contribution in [3.8, 4) is 5.75 Å². The molecule has 0 spiro atoms. The lowest BCUT2D eigenvalue weighted by molar-refractivity contribution is -0.158. The molecule has 1 fully saturated rings. The van der Waals surface area contributed by atoms with Gasteiger partial charge in [0.05, 0.1) is 24.5 Å². The first-order valence-corrected chi connectivity index (χ1v) is 10.6. The zero-order chi connectivity index (χ0) is 22.0. The Kier molecular flexibility index (Phi) is 5.67. The largest absolute Gasteiger partial charge is 0.493 e. The summed E-state index contributed by atoms with van der Waals surface area (Å²) in [5, 5.41) is 0. The van der Waals surface area contributed by atoms with Gasteiger partial charge in [0.25, 0.3) is 5.91 Å². The van der Waals surface area contributed by atoms with E-state index < -0.39 is 11.6 Å². The number of anilines is 1. The molecule has 1 atom stereocenters. The number of hydrogen-bond acceptors (Lipinski definition) is 5. The van der Waals surface area contributed by atoms with Gasteiger partial charge in [-0.2, -0.15) is 0 Å². The Morgan fingerprint density at radius 3 is 2.48 bits per heavy atom. The highest BCUT2D eigenvalue weighted by molar-refractivity contribution is 6.15. The number of hydrogen-bond donors (Lipinski definition) is 0. The number of carbonyl (C=O) groups is 3. The fourth-order valence-electron chi connectivity index (χ4n) is 4.42. The van der Waals surface area contributed by atoms with E-state index in [1.165, 1.54) is 9.80 Å². The second-order valence-electron chi connectivity index (χ2n) is 7.98. The van der Waals surface area contributed by atoms with Crippen LogP contribution in [0.3, 0.4) is 0 Å². The van der Waals surface area contributed by atoms with Crippen molar-refractivity contribution in [3.05, 3.63) is 60.2 Å². The number of carbonyl (C=O) groups excluding carboxylic acids is 3. The normalized spacial score (nSPS) is 20.0. The molecule has 0 saturated carbocycles. The lowest BCUT2D eigenvalue weighted by Gasteiger charge is -2.50. The van der Waals surface area contributed by atoms with Gasteiger partial charge in [0, 0.05) is 25.3 Å². The molecule has 0 bridgehead atoms.